The highest BCUT2D eigenvalue weighted by Crippen LogP contribution is 2.15. The van der Waals surface area contributed by atoms with E-state index in [1.165, 1.54) is 0 Å². The Kier molecular flexibility index (Phi) is 10.1. The molecule has 104 valence electrons. The predicted octanol–water partition coefficient (Wildman–Crippen LogP) is 3.34. The summed E-state index contributed by atoms with van der Waals surface area (Å²) in [5.74, 6) is 1.52. The van der Waals surface area contributed by atoms with E-state index >= 15 is 0 Å². The van der Waals surface area contributed by atoms with Crippen molar-refractivity contribution < 1.29 is 4.21 Å². The summed E-state index contributed by atoms with van der Waals surface area (Å²) in [6, 6.07) is 0.433. The molecule has 0 rings (SSSR count). The maximum atomic E-state index is 12.3. The van der Waals surface area contributed by atoms with Crippen molar-refractivity contribution in [2.75, 3.05) is 12.3 Å². The van der Waals surface area contributed by atoms with Crippen LogP contribution in [0.2, 0.25) is 0 Å². The van der Waals surface area contributed by atoms with Gasteiger partial charge in [0.15, 0.2) is 0 Å². The third kappa shape index (κ3) is 7.20. The zero-order chi connectivity index (χ0) is 13.3. The van der Waals surface area contributed by atoms with Gasteiger partial charge in [0, 0.05) is 27.8 Å². The first kappa shape index (κ1) is 17.1. The van der Waals surface area contributed by atoms with E-state index in [9.17, 15) is 4.21 Å². The van der Waals surface area contributed by atoms with Crippen LogP contribution in [0, 0.1) is 5.92 Å². The fraction of sp³-hybridized carbons (Fsp3) is 1.00. The summed E-state index contributed by atoms with van der Waals surface area (Å²) in [6.07, 6.45) is 4.39. The van der Waals surface area contributed by atoms with Gasteiger partial charge in [0.25, 0.3) is 0 Å². The molecule has 0 spiro atoms. The highest BCUT2D eigenvalue weighted by Gasteiger charge is 2.23. The Labute approximate surface area is 110 Å². The molecule has 0 amide bonds. The van der Waals surface area contributed by atoms with Crippen LogP contribution in [0.1, 0.15) is 60.3 Å². The van der Waals surface area contributed by atoms with E-state index in [2.05, 4.69) is 39.9 Å². The Morgan fingerprint density at radius 3 is 2.18 bits per heavy atom. The van der Waals surface area contributed by atoms with Crippen LogP contribution in [0.4, 0.5) is 0 Å². The van der Waals surface area contributed by atoms with Crippen LogP contribution in [-0.4, -0.2) is 27.8 Å². The lowest BCUT2D eigenvalue weighted by Gasteiger charge is -2.26. The van der Waals surface area contributed by atoms with Crippen LogP contribution in [0.5, 0.6) is 0 Å². The molecule has 0 fully saturated rings. The standard InChI is InChI=1S/C14H31NOS/c1-6-9-13(15-8-3)14(7-2)17(16)11-10-12(4)5/h12-15H,6-11H2,1-5H3. The smallest absolute Gasteiger partial charge is 0.0498 e. The Morgan fingerprint density at radius 1 is 1.12 bits per heavy atom. The molecule has 1 N–H and O–H groups in total. The Bertz CT molecular complexity index is 200. The second-order valence-corrected chi connectivity index (χ2v) is 6.94. The topological polar surface area (TPSA) is 29.1 Å². The molecule has 0 aliphatic rings. The fourth-order valence-corrected chi connectivity index (χ4v) is 4.13. The summed E-state index contributed by atoms with van der Waals surface area (Å²) < 4.78 is 12.3. The highest BCUT2D eigenvalue weighted by molar-refractivity contribution is 7.85. The van der Waals surface area contributed by atoms with Crippen LogP contribution in [-0.2, 0) is 10.8 Å². The van der Waals surface area contributed by atoms with E-state index < -0.39 is 10.8 Å². The Balaban J connectivity index is 4.37. The molecule has 0 aromatic heterocycles. The van der Waals surface area contributed by atoms with Crippen molar-refractivity contribution in [1.82, 2.24) is 5.32 Å². The van der Waals surface area contributed by atoms with Crippen molar-refractivity contribution in [3.05, 3.63) is 0 Å². The van der Waals surface area contributed by atoms with E-state index in [1.54, 1.807) is 0 Å². The van der Waals surface area contributed by atoms with Gasteiger partial charge >= 0.3 is 0 Å². The normalized spacial score (nSPS) is 17.1. The van der Waals surface area contributed by atoms with Crippen LogP contribution in [0.25, 0.3) is 0 Å². The van der Waals surface area contributed by atoms with E-state index in [0.717, 1.165) is 38.0 Å². The minimum absolute atomic E-state index is 0.327. The predicted molar refractivity (Wildman–Crippen MR) is 78.9 cm³/mol. The van der Waals surface area contributed by atoms with Crippen molar-refractivity contribution >= 4 is 10.8 Å². The first-order valence-corrected chi connectivity index (χ1v) is 8.55. The molecule has 2 nitrogen and oxygen atoms in total. The lowest BCUT2D eigenvalue weighted by atomic mass is 10.1. The summed E-state index contributed by atoms with van der Waals surface area (Å²) in [7, 11) is -0.674. The summed E-state index contributed by atoms with van der Waals surface area (Å²) in [5.41, 5.74) is 0. The van der Waals surface area contributed by atoms with E-state index in [-0.39, 0.29) is 0 Å². The van der Waals surface area contributed by atoms with Gasteiger partial charge in [-0.15, -0.1) is 0 Å². The average Bonchev–Trinajstić information content (AvgIpc) is 2.28. The molecule has 0 aliphatic carbocycles. The van der Waals surface area contributed by atoms with Crippen LogP contribution in [0.15, 0.2) is 0 Å². The SMILES string of the molecule is CCCC(NCC)C(CC)S(=O)CCC(C)C. The van der Waals surface area contributed by atoms with Crippen molar-refractivity contribution in [2.24, 2.45) is 5.92 Å². The maximum absolute atomic E-state index is 12.3. The van der Waals surface area contributed by atoms with E-state index in [4.69, 9.17) is 0 Å². The lowest BCUT2D eigenvalue weighted by Crippen LogP contribution is -2.42. The number of nitrogens with one attached hydrogen (secondary N) is 1. The third-order valence-electron chi connectivity index (χ3n) is 3.15. The summed E-state index contributed by atoms with van der Waals surface area (Å²) in [4.78, 5) is 0. The molecule has 3 unspecified atom stereocenters. The van der Waals surface area contributed by atoms with Gasteiger partial charge in [-0.1, -0.05) is 41.0 Å². The molecular formula is C14H31NOS. The third-order valence-corrected chi connectivity index (χ3v) is 5.13. The molecular weight excluding hydrogens is 230 g/mol. The van der Waals surface area contributed by atoms with Gasteiger partial charge in [-0.05, 0) is 31.7 Å². The summed E-state index contributed by atoms with van der Waals surface area (Å²) in [5, 5.41) is 3.84. The van der Waals surface area contributed by atoms with Crippen LogP contribution < -0.4 is 5.32 Å². The minimum Gasteiger partial charge on any atom is -0.313 e. The molecule has 0 aromatic carbocycles. The van der Waals surface area contributed by atoms with Gasteiger partial charge in [-0.3, -0.25) is 4.21 Å². The van der Waals surface area contributed by atoms with E-state index in [1.807, 2.05) is 0 Å². The fourth-order valence-electron chi connectivity index (χ4n) is 2.15. The van der Waals surface area contributed by atoms with Gasteiger partial charge in [-0.2, -0.15) is 0 Å². The first-order chi connectivity index (χ1) is 8.06. The summed E-state index contributed by atoms with van der Waals surface area (Å²) >= 11 is 0. The quantitative estimate of drug-likeness (QED) is 0.653. The van der Waals surface area contributed by atoms with Gasteiger partial charge in [-0.25, -0.2) is 0 Å². The molecule has 0 saturated carbocycles. The zero-order valence-corrected chi connectivity index (χ0v) is 13.1. The zero-order valence-electron chi connectivity index (χ0n) is 12.3. The van der Waals surface area contributed by atoms with Gasteiger partial charge in [0.05, 0.1) is 0 Å². The van der Waals surface area contributed by atoms with E-state index in [0.29, 0.717) is 17.2 Å². The largest absolute Gasteiger partial charge is 0.313 e. The first-order valence-electron chi connectivity index (χ1n) is 7.17. The molecule has 0 saturated heterocycles. The second-order valence-electron chi connectivity index (χ2n) is 5.17. The second kappa shape index (κ2) is 10.1. The minimum atomic E-state index is -0.674. The molecule has 3 heteroatoms. The highest BCUT2D eigenvalue weighted by atomic mass is 32.2. The average molecular weight is 261 g/mol. The lowest BCUT2D eigenvalue weighted by molar-refractivity contribution is 0.457. The molecule has 0 heterocycles. The molecule has 3 atom stereocenters. The van der Waals surface area contributed by atoms with Gasteiger partial charge in [0.1, 0.15) is 0 Å². The molecule has 0 aliphatic heterocycles. The Hall–Kier alpha value is 0.110. The number of hydrogen-bond acceptors (Lipinski definition) is 2. The molecule has 0 bridgehead atoms. The number of rotatable bonds is 10. The van der Waals surface area contributed by atoms with Crippen molar-refractivity contribution in [3.63, 3.8) is 0 Å². The Morgan fingerprint density at radius 2 is 1.76 bits per heavy atom. The molecule has 0 radical (unpaired) electrons. The monoisotopic (exact) mass is 261 g/mol. The van der Waals surface area contributed by atoms with Crippen LogP contribution >= 0.6 is 0 Å². The summed E-state index contributed by atoms with van der Waals surface area (Å²) in [6.45, 7) is 11.9. The number of hydrogen-bond donors (Lipinski definition) is 1. The van der Waals surface area contributed by atoms with Crippen molar-refractivity contribution in [2.45, 2.75) is 71.6 Å². The van der Waals surface area contributed by atoms with Crippen molar-refractivity contribution in [1.29, 1.82) is 0 Å². The maximum Gasteiger partial charge on any atom is 0.0498 e. The van der Waals surface area contributed by atoms with Gasteiger partial charge < -0.3 is 5.32 Å². The molecule has 17 heavy (non-hydrogen) atoms. The van der Waals surface area contributed by atoms with Gasteiger partial charge in [0.2, 0.25) is 0 Å². The molecule has 0 aromatic rings. The van der Waals surface area contributed by atoms with Crippen molar-refractivity contribution in [3.8, 4) is 0 Å². The van der Waals surface area contributed by atoms with Crippen LogP contribution in [0.3, 0.4) is 0 Å².